The van der Waals surface area contributed by atoms with Crippen LogP contribution in [-0.2, 0) is 12.8 Å². The summed E-state index contributed by atoms with van der Waals surface area (Å²) in [4.78, 5) is 4.12. The van der Waals surface area contributed by atoms with Crippen LogP contribution in [0.1, 0.15) is 33.4 Å². The zero-order valence-electron chi connectivity index (χ0n) is 17.2. The first-order valence-electron chi connectivity index (χ1n) is 10.3. The molecule has 4 aromatic rings. The molecule has 0 amide bonds. The Morgan fingerprint density at radius 1 is 1.00 bits per heavy atom. The van der Waals surface area contributed by atoms with Crippen molar-refractivity contribution in [2.45, 2.75) is 19.8 Å². The summed E-state index contributed by atoms with van der Waals surface area (Å²) in [6.45, 7) is 10.6. The molecule has 0 spiro atoms. The molecular formula is C28H24N2. The van der Waals surface area contributed by atoms with Gasteiger partial charge in [-0.05, 0) is 62.7 Å². The van der Waals surface area contributed by atoms with E-state index in [1.54, 1.807) is 12.5 Å². The predicted molar refractivity (Wildman–Crippen MR) is 125 cm³/mol. The van der Waals surface area contributed by atoms with E-state index in [1.807, 2.05) is 10.8 Å². The van der Waals surface area contributed by atoms with Crippen molar-refractivity contribution in [3.8, 4) is 0 Å². The monoisotopic (exact) mass is 388 g/mol. The summed E-state index contributed by atoms with van der Waals surface area (Å²) < 4.78 is 1.97. The number of aromatic nitrogens is 2. The largest absolute Gasteiger partial charge is 0.310 e. The van der Waals surface area contributed by atoms with Gasteiger partial charge in [-0.2, -0.15) is 0 Å². The number of benzene rings is 3. The minimum absolute atomic E-state index is 0.796. The maximum absolute atomic E-state index is 4.21. The van der Waals surface area contributed by atoms with Crippen molar-refractivity contribution in [3.63, 3.8) is 0 Å². The Kier molecular flexibility index (Phi) is 4.48. The van der Waals surface area contributed by atoms with Gasteiger partial charge in [-0.15, -0.1) is 0 Å². The van der Waals surface area contributed by atoms with Gasteiger partial charge in [0.2, 0.25) is 0 Å². The molecule has 0 N–H and O–H groups in total. The Balaban J connectivity index is 1.63. The second-order valence-corrected chi connectivity index (χ2v) is 8.06. The van der Waals surface area contributed by atoms with E-state index in [0.717, 1.165) is 23.8 Å². The van der Waals surface area contributed by atoms with Crippen LogP contribution in [0.4, 0.5) is 0 Å². The molecule has 1 aromatic heterocycles. The predicted octanol–water partition coefficient (Wildman–Crippen LogP) is 4.47. The molecule has 2 nitrogen and oxygen atoms in total. The normalized spacial score (nSPS) is 12.4. The zero-order valence-corrected chi connectivity index (χ0v) is 17.2. The van der Waals surface area contributed by atoms with Gasteiger partial charge < -0.3 is 4.57 Å². The molecule has 1 aliphatic carbocycles. The quantitative estimate of drug-likeness (QED) is 0.444. The van der Waals surface area contributed by atoms with Gasteiger partial charge in [-0.3, -0.25) is 0 Å². The van der Waals surface area contributed by atoms with Crippen LogP contribution in [0.5, 0.6) is 0 Å². The number of nitrogens with zero attached hydrogens (tertiary/aromatic N) is 2. The van der Waals surface area contributed by atoms with E-state index in [1.165, 1.54) is 44.2 Å². The highest BCUT2D eigenvalue weighted by molar-refractivity contribution is 5.84. The van der Waals surface area contributed by atoms with Gasteiger partial charge in [-0.1, -0.05) is 73.8 Å². The van der Waals surface area contributed by atoms with Crippen LogP contribution in [0, 0.1) is 6.92 Å². The van der Waals surface area contributed by atoms with E-state index < -0.39 is 0 Å². The van der Waals surface area contributed by atoms with E-state index in [0.29, 0.717) is 0 Å². The second kappa shape index (κ2) is 7.31. The van der Waals surface area contributed by atoms with Gasteiger partial charge >= 0.3 is 0 Å². The topological polar surface area (TPSA) is 17.8 Å². The summed E-state index contributed by atoms with van der Waals surface area (Å²) >= 11 is 0. The fourth-order valence-electron chi connectivity index (χ4n) is 4.49. The zero-order chi connectivity index (χ0) is 20.7. The lowest BCUT2D eigenvalue weighted by Crippen LogP contribution is -2.23. The first-order chi connectivity index (χ1) is 14.6. The van der Waals surface area contributed by atoms with Gasteiger partial charge in [-0.25, -0.2) is 4.98 Å². The molecule has 0 saturated carbocycles. The summed E-state index contributed by atoms with van der Waals surface area (Å²) in [6, 6.07) is 22.1. The van der Waals surface area contributed by atoms with Crippen molar-refractivity contribution in [3.05, 3.63) is 130 Å². The van der Waals surface area contributed by atoms with E-state index in [2.05, 4.69) is 85.7 Å². The third kappa shape index (κ3) is 3.21. The number of rotatable bonds is 4. The number of fused-ring (bicyclic) bond motifs is 2. The average molecular weight is 389 g/mol. The van der Waals surface area contributed by atoms with Gasteiger partial charge in [0, 0.05) is 24.5 Å². The van der Waals surface area contributed by atoms with Gasteiger partial charge in [0.1, 0.15) is 0 Å². The van der Waals surface area contributed by atoms with E-state index in [4.69, 9.17) is 0 Å². The molecule has 1 aliphatic rings. The van der Waals surface area contributed by atoms with Crippen molar-refractivity contribution in [1.82, 2.24) is 9.55 Å². The molecule has 0 unspecified atom stereocenters. The van der Waals surface area contributed by atoms with Gasteiger partial charge in [0.25, 0.3) is 0 Å². The van der Waals surface area contributed by atoms with Crippen molar-refractivity contribution in [2.75, 3.05) is 0 Å². The first-order valence-corrected chi connectivity index (χ1v) is 10.3. The molecule has 1 heterocycles. The fraction of sp³-hybridized carbons (Fsp3) is 0.107. The van der Waals surface area contributed by atoms with Crippen LogP contribution in [0.25, 0.3) is 17.8 Å². The summed E-state index contributed by atoms with van der Waals surface area (Å²) in [5.41, 5.74) is 10.2. The number of aryl methyl sites for hydroxylation is 1. The minimum Gasteiger partial charge on any atom is -0.310 e. The molecule has 0 atom stereocenters. The van der Waals surface area contributed by atoms with Crippen molar-refractivity contribution < 1.29 is 0 Å². The van der Waals surface area contributed by atoms with Crippen LogP contribution >= 0.6 is 0 Å². The average Bonchev–Trinajstić information content (AvgIpc) is 3.28. The summed E-state index contributed by atoms with van der Waals surface area (Å²) in [7, 11) is 0. The molecule has 0 saturated heterocycles. The van der Waals surface area contributed by atoms with Crippen LogP contribution in [0.15, 0.2) is 86.0 Å². The van der Waals surface area contributed by atoms with Crippen LogP contribution in [0.3, 0.4) is 0 Å². The Labute approximate surface area is 177 Å². The molecule has 3 aromatic carbocycles. The van der Waals surface area contributed by atoms with Crippen molar-refractivity contribution >= 4 is 17.8 Å². The lowest BCUT2D eigenvalue weighted by molar-refractivity contribution is 1.03. The van der Waals surface area contributed by atoms with E-state index in [9.17, 15) is 0 Å². The number of hydrogen-bond donors (Lipinski definition) is 0. The molecular weight excluding hydrogens is 364 g/mol. The highest BCUT2D eigenvalue weighted by Crippen LogP contribution is 2.31. The molecule has 5 rings (SSSR count). The van der Waals surface area contributed by atoms with Crippen LogP contribution in [-0.4, -0.2) is 9.55 Å². The first kappa shape index (κ1) is 18.4. The number of allylic oxidation sites excluding steroid dienone is 1. The van der Waals surface area contributed by atoms with E-state index >= 15 is 0 Å². The lowest BCUT2D eigenvalue weighted by atomic mass is 9.82. The molecule has 0 aliphatic heterocycles. The van der Waals surface area contributed by atoms with Crippen LogP contribution in [0.2, 0.25) is 0 Å². The summed E-state index contributed by atoms with van der Waals surface area (Å²) in [5.74, 6) is 0. The Morgan fingerprint density at radius 2 is 1.87 bits per heavy atom. The summed E-state index contributed by atoms with van der Waals surface area (Å²) in [5, 5.41) is 2.39. The summed E-state index contributed by atoms with van der Waals surface area (Å²) in [6.07, 6.45) is 7.27. The third-order valence-corrected chi connectivity index (χ3v) is 5.94. The SMILES string of the molecule is C=C(Cc1ccc(C2=c3ccc(=C)cc3Cc3ccccc32)c(C)c1)n1ccnc1. The van der Waals surface area contributed by atoms with E-state index in [-0.39, 0.29) is 0 Å². The third-order valence-electron chi connectivity index (χ3n) is 5.94. The Bertz CT molecular complexity index is 1370. The second-order valence-electron chi connectivity index (χ2n) is 8.06. The molecule has 0 fully saturated rings. The van der Waals surface area contributed by atoms with Gasteiger partial charge in [0.15, 0.2) is 0 Å². The number of hydrogen-bond acceptors (Lipinski definition) is 1. The smallest absolute Gasteiger partial charge is 0.0989 e. The number of imidazole rings is 1. The maximum atomic E-state index is 4.21. The van der Waals surface area contributed by atoms with Crippen molar-refractivity contribution in [2.24, 2.45) is 0 Å². The standard InChI is InChI=1S/C28H24N2/c1-19-8-10-27-24(14-19)17-23-6-4-5-7-26(23)28(27)25-11-9-22(15-20(25)2)16-21(3)30-13-12-29-18-30/h4-15,18H,1,3,16-17H2,2H3. The minimum atomic E-state index is 0.796. The van der Waals surface area contributed by atoms with Crippen LogP contribution < -0.4 is 10.4 Å². The Hall–Kier alpha value is -3.65. The molecule has 30 heavy (non-hydrogen) atoms. The molecule has 2 heteroatoms. The molecule has 0 radical (unpaired) electrons. The molecule has 146 valence electrons. The van der Waals surface area contributed by atoms with Crippen molar-refractivity contribution in [1.29, 1.82) is 0 Å². The highest BCUT2D eigenvalue weighted by Gasteiger charge is 2.19. The lowest BCUT2D eigenvalue weighted by Gasteiger charge is -2.22. The highest BCUT2D eigenvalue weighted by atomic mass is 15.0. The fourth-order valence-corrected chi connectivity index (χ4v) is 4.49. The maximum Gasteiger partial charge on any atom is 0.0989 e. The van der Waals surface area contributed by atoms with Gasteiger partial charge in [0.05, 0.1) is 6.33 Å². The molecule has 0 bridgehead atoms. The Morgan fingerprint density at radius 3 is 2.67 bits per heavy atom.